The lowest BCUT2D eigenvalue weighted by Crippen LogP contribution is -2.36. The van der Waals surface area contributed by atoms with Crippen molar-refractivity contribution in [2.24, 2.45) is 0 Å². The molecule has 0 N–H and O–H groups in total. The van der Waals surface area contributed by atoms with E-state index in [1.54, 1.807) is 24.9 Å². The summed E-state index contributed by atoms with van der Waals surface area (Å²) >= 11 is 13.3. The molecule has 7 heteroatoms. The van der Waals surface area contributed by atoms with E-state index in [9.17, 15) is 8.42 Å². The van der Waals surface area contributed by atoms with Crippen LogP contribution in [0.4, 0.5) is 0 Å². The zero-order valence-electron chi connectivity index (χ0n) is 11.1. The third-order valence-electron chi connectivity index (χ3n) is 2.87. The number of halogens is 2. The molecule has 0 aliphatic heterocycles. The maximum atomic E-state index is 12.5. The predicted octanol–water partition coefficient (Wildman–Crippen LogP) is 3.45. The summed E-state index contributed by atoms with van der Waals surface area (Å²) < 4.78 is 26.3. The minimum atomic E-state index is -3.51. The molecular formula is C12H17Cl2NO2S2. The molecule has 0 radical (unpaired) electrons. The van der Waals surface area contributed by atoms with Crippen LogP contribution in [-0.2, 0) is 15.9 Å². The predicted molar refractivity (Wildman–Crippen MR) is 83.8 cm³/mol. The molecule has 0 fully saturated rings. The lowest BCUT2D eigenvalue weighted by molar-refractivity contribution is 0.415. The Morgan fingerprint density at radius 3 is 2.58 bits per heavy atom. The highest BCUT2D eigenvalue weighted by molar-refractivity contribution is 7.98. The zero-order valence-corrected chi connectivity index (χ0v) is 14.2. The summed E-state index contributed by atoms with van der Waals surface area (Å²) in [6, 6.07) is 4.54. The Balaban J connectivity index is 3.13. The van der Waals surface area contributed by atoms with Crippen molar-refractivity contribution in [2.75, 3.05) is 19.1 Å². The largest absolute Gasteiger partial charge is 0.243 e. The Labute approximate surface area is 129 Å². The van der Waals surface area contributed by atoms with E-state index >= 15 is 0 Å². The lowest BCUT2D eigenvalue weighted by Gasteiger charge is -2.24. The van der Waals surface area contributed by atoms with Gasteiger partial charge in [-0.3, -0.25) is 0 Å². The van der Waals surface area contributed by atoms with E-state index in [2.05, 4.69) is 0 Å². The van der Waals surface area contributed by atoms with Crippen molar-refractivity contribution in [1.82, 2.24) is 4.31 Å². The quantitative estimate of drug-likeness (QED) is 0.743. The van der Waals surface area contributed by atoms with Crippen LogP contribution in [0.3, 0.4) is 0 Å². The molecule has 3 nitrogen and oxygen atoms in total. The Hall–Kier alpha value is 0.0600. The Morgan fingerprint density at radius 1 is 1.42 bits per heavy atom. The van der Waals surface area contributed by atoms with Gasteiger partial charge in [-0.1, -0.05) is 11.6 Å². The van der Waals surface area contributed by atoms with Crippen LogP contribution in [0.15, 0.2) is 23.1 Å². The van der Waals surface area contributed by atoms with E-state index in [0.29, 0.717) is 10.6 Å². The van der Waals surface area contributed by atoms with Gasteiger partial charge in [0.1, 0.15) is 0 Å². The van der Waals surface area contributed by atoms with E-state index < -0.39 is 10.0 Å². The summed E-state index contributed by atoms with van der Waals surface area (Å²) in [5.41, 5.74) is 0.621. The number of thioether (sulfide) groups is 1. The first-order valence-corrected chi connectivity index (χ1v) is 9.40. The molecule has 1 aromatic carbocycles. The van der Waals surface area contributed by atoms with Gasteiger partial charge in [0.25, 0.3) is 0 Å². The first-order chi connectivity index (χ1) is 8.84. The molecule has 0 amide bonds. The normalized spacial score (nSPS) is 13.8. The Kier molecular flexibility index (Phi) is 6.47. The Morgan fingerprint density at radius 2 is 2.05 bits per heavy atom. The summed E-state index contributed by atoms with van der Waals surface area (Å²) in [5.74, 6) is 0.929. The van der Waals surface area contributed by atoms with Crippen LogP contribution in [0.1, 0.15) is 12.5 Å². The van der Waals surface area contributed by atoms with Crippen molar-refractivity contribution < 1.29 is 8.42 Å². The second-order valence-electron chi connectivity index (χ2n) is 4.21. The van der Waals surface area contributed by atoms with E-state index in [1.807, 2.05) is 13.2 Å². The minimum Gasteiger partial charge on any atom is -0.207 e. The van der Waals surface area contributed by atoms with Crippen LogP contribution in [0, 0.1) is 0 Å². The van der Waals surface area contributed by atoms with Crippen molar-refractivity contribution in [3.63, 3.8) is 0 Å². The number of alkyl halides is 1. The van der Waals surface area contributed by atoms with Gasteiger partial charge >= 0.3 is 0 Å². The molecule has 0 saturated carbocycles. The highest BCUT2D eigenvalue weighted by atomic mass is 35.5. The van der Waals surface area contributed by atoms with Crippen LogP contribution in [0.25, 0.3) is 0 Å². The molecule has 1 rings (SSSR count). The minimum absolute atomic E-state index is 0.0740. The fraction of sp³-hybridized carbons (Fsp3) is 0.500. The fourth-order valence-corrected chi connectivity index (χ4v) is 4.25. The van der Waals surface area contributed by atoms with Gasteiger partial charge in [0, 0.05) is 29.7 Å². The number of hydrogen-bond donors (Lipinski definition) is 0. The summed E-state index contributed by atoms with van der Waals surface area (Å²) in [6.07, 6.45) is 1.95. The summed E-state index contributed by atoms with van der Waals surface area (Å²) in [4.78, 5) is 0.225. The number of nitrogens with zero attached hydrogens (tertiary/aromatic N) is 1. The Bertz CT molecular complexity index is 535. The molecule has 1 aromatic rings. The first-order valence-electron chi connectivity index (χ1n) is 5.66. The van der Waals surface area contributed by atoms with Gasteiger partial charge in [-0.15, -0.1) is 11.6 Å². The number of hydrogen-bond acceptors (Lipinski definition) is 3. The molecule has 1 atom stereocenters. The molecular weight excluding hydrogens is 325 g/mol. The van der Waals surface area contributed by atoms with Crippen LogP contribution in [0.2, 0.25) is 5.02 Å². The molecule has 0 saturated heterocycles. The number of rotatable bonds is 6. The van der Waals surface area contributed by atoms with Gasteiger partial charge in [0.2, 0.25) is 10.0 Å². The average Bonchev–Trinajstić information content (AvgIpc) is 2.38. The summed E-state index contributed by atoms with van der Waals surface area (Å²) in [5, 5.41) is 0.480. The van der Waals surface area contributed by atoms with E-state index in [-0.39, 0.29) is 16.8 Å². The molecule has 0 aliphatic rings. The summed E-state index contributed by atoms with van der Waals surface area (Å²) in [6.45, 7) is 1.88. The molecule has 0 aliphatic carbocycles. The van der Waals surface area contributed by atoms with Crippen molar-refractivity contribution in [3.8, 4) is 0 Å². The van der Waals surface area contributed by atoms with E-state index in [1.165, 1.54) is 16.4 Å². The van der Waals surface area contributed by atoms with Crippen molar-refractivity contribution >= 4 is 45.0 Å². The van der Waals surface area contributed by atoms with Crippen LogP contribution in [-0.4, -0.2) is 37.8 Å². The molecule has 0 bridgehead atoms. The van der Waals surface area contributed by atoms with Crippen molar-refractivity contribution in [1.29, 1.82) is 0 Å². The second kappa shape index (κ2) is 7.18. The fourth-order valence-electron chi connectivity index (χ4n) is 1.56. The topological polar surface area (TPSA) is 37.4 Å². The lowest BCUT2D eigenvalue weighted by atomic mass is 10.2. The first kappa shape index (κ1) is 17.1. The van der Waals surface area contributed by atoms with Gasteiger partial charge in [0.05, 0.1) is 4.90 Å². The molecule has 108 valence electrons. The molecule has 1 unspecified atom stereocenters. The maximum absolute atomic E-state index is 12.5. The van der Waals surface area contributed by atoms with E-state index in [4.69, 9.17) is 23.2 Å². The van der Waals surface area contributed by atoms with Gasteiger partial charge in [-0.2, -0.15) is 16.1 Å². The van der Waals surface area contributed by atoms with Gasteiger partial charge < -0.3 is 0 Å². The molecule has 19 heavy (non-hydrogen) atoms. The van der Waals surface area contributed by atoms with Gasteiger partial charge in [-0.25, -0.2) is 8.42 Å². The average molecular weight is 342 g/mol. The van der Waals surface area contributed by atoms with Crippen molar-refractivity contribution in [2.45, 2.75) is 23.7 Å². The number of benzene rings is 1. The third-order valence-corrected chi connectivity index (χ3v) is 6.31. The van der Waals surface area contributed by atoms with Crippen molar-refractivity contribution in [3.05, 3.63) is 28.8 Å². The third kappa shape index (κ3) is 4.02. The van der Waals surface area contributed by atoms with Crippen LogP contribution in [0.5, 0.6) is 0 Å². The van der Waals surface area contributed by atoms with Gasteiger partial charge in [0.15, 0.2) is 0 Å². The molecule has 0 aromatic heterocycles. The summed E-state index contributed by atoms with van der Waals surface area (Å²) in [7, 11) is -1.92. The van der Waals surface area contributed by atoms with Crippen LogP contribution >= 0.6 is 35.0 Å². The second-order valence-corrected chi connectivity index (χ2v) is 7.80. The molecule has 0 spiro atoms. The SMILES string of the molecule is CSCC(C)N(C)S(=O)(=O)c1ccc(Cl)c(CCl)c1. The highest BCUT2D eigenvalue weighted by Gasteiger charge is 2.25. The maximum Gasteiger partial charge on any atom is 0.243 e. The van der Waals surface area contributed by atoms with Crippen LogP contribution < -0.4 is 0 Å². The molecule has 0 heterocycles. The zero-order chi connectivity index (χ0) is 14.6. The smallest absolute Gasteiger partial charge is 0.207 e. The van der Waals surface area contributed by atoms with E-state index in [0.717, 1.165) is 5.75 Å². The number of sulfonamides is 1. The standard InChI is InChI=1S/C12H17Cl2NO2S2/c1-9(8-18-3)15(2)19(16,17)11-4-5-12(14)10(6-11)7-13/h4-6,9H,7-8H2,1-3H3. The highest BCUT2D eigenvalue weighted by Crippen LogP contribution is 2.24. The monoisotopic (exact) mass is 341 g/mol. The van der Waals surface area contributed by atoms with Gasteiger partial charge in [-0.05, 0) is 36.9 Å².